The topological polar surface area (TPSA) is 46.2 Å². The Hall–Kier alpha value is 0.540. The highest BCUT2D eigenvalue weighted by Gasteiger charge is 2.27. The van der Waals surface area contributed by atoms with Crippen LogP contribution >= 0.6 is 50.9 Å². The molecule has 1 saturated heterocycles. The van der Waals surface area contributed by atoms with E-state index in [1.54, 1.807) is 11.8 Å². The van der Waals surface area contributed by atoms with Gasteiger partial charge in [-0.25, -0.2) is 13.1 Å². The summed E-state index contributed by atoms with van der Waals surface area (Å²) in [7, 11) is -3.67. The van der Waals surface area contributed by atoms with Crippen LogP contribution in [0, 0.1) is 0 Å². The number of halogens is 3. The predicted molar refractivity (Wildman–Crippen MR) is 80.2 cm³/mol. The van der Waals surface area contributed by atoms with Gasteiger partial charge in [-0.15, -0.1) is 0 Å². The van der Waals surface area contributed by atoms with E-state index in [0.29, 0.717) is 4.47 Å². The van der Waals surface area contributed by atoms with Gasteiger partial charge in [0.1, 0.15) is 4.90 Å². The molecule has 0 spiro atoms. The van der Waals surface area contributed by atoms with Crippen molar-refractivity contribution in [2.24, 2.45) is 0 Å². The third-order valence-corrected chi connectivity index (χ3v) is 6.54. The summed E-state index contributed by atoms with van der Waals surface area (Å²) in [6.07, 6.45) is 0.829. The summed E-state index contributed by atoms with van der Waals surface area (Å²) in [6, 6.07) is 2.99. The molecule has 1 N–H and O–H groups in total. The van der Waals surface area contributed by atoms with Crippen molar-refractivity contribution in [3.63, 3.8) is 0 Å². The minimum Gasteiger partial charge on any atom is -0.207 e. The van der Waals surface area contributed by atoms with Gasteiger partial charge in [0.05, 0.1) is 10.0 Å². The number of hydrogen-bond donors (Lipinski definition) is 1. The van der Waals surface area contributed by atoms with Crippen molar-refractivity contribution in [2.75, 3.05) is 11.5 Å². The van der Waals surface area contributed by atoms with E-state index in [1.165, 1.54) is 12.1 Å². The van der Waals surface area contributed by atoms with E-state index in [4.69, 9.17) is 23.2 Å². The monoisotopic (exact) mass is 389 g/mol. The Labute approximate surface area is 129 Å². The van der Waals surface area contributed by atoms with E-state index in [9.17, 15) is 8.42 Å². The molecule has 8 heteroatoms. The molecule has 0 amide bonds. The fourth-order valence-electron chi connectivity index (χ4n) is 1.69. The van der Waals surface area contributed by atoms with Gasteiger partial charge in [0.2, 0.25) is 10.0 Å². The van der Waals surface area contributed by atoms with Gasteiger partial charge in [-0.3, -0.25) is 0 Å². The molecule has 18 heavy (non-hydrogen) atoms. The maximum absolute atomic E-state index is 12.2. The van der Waals surface area contributed by atoms with Crippen molar-refractivity contribution in [1.82, 2.24) is 4.72 Å². The second kappa shape index (κ2) is 5.89. The minimum atomic E-state index is -3.67. The summed E-state index contributed by atoms with van der Waals surface area (Å²) in [6.45, 7) is 0. The Morgan fingerprint density at radius 2 is 1.94 bits per heavy atom. The zero-order valence-corrected chi connectivity index (χ0v) is 13.9. The number of rotatable bonds is 3. The first-order valence-corrected chi connectivity index (χ1v) is 9.33. The highest BCUT2D eigenvalue weighted by Crippen LogP contribution is 2.33. The molecular formula is C10H10BrCl2NO2S2. The molecule has 2 rings (SSSR count). The summed E-state index contributed by atoms with van der Waals surface area (Å²) in [5, 5.41) is 0.236. The fraction of sp³-hybridized carbons (Fsp3) is 0.400. The first kappa shape index (κ1) is 14.9. The molecule has 0 bridgehead atoms. The van der Waals surface area contributed by atoms with Crippen LogP contribution in [0.2, 0.25) is 10.0 Å². The molecular weight excluding hydrogens is 381 g/mol. The molecule has 0 aliphatic carbocycles. The van der Waals surface area contributed by atoms with E-state index >= 15 is 0 Å². The standard InChI is InChI=1S/C10H10BrCl2NO2S2/c11-6-3-8(12)10(9(13)4-6)18(15,16)14-7-1-2-17-5-7/h3-4,7,14H,1-2,5H2. The first-order chi connectivity index (χ1) is 8.40. The van der Waals surface area contributed by atoms with E-state index in [0.717, 1.165) is 17.9 Å². The number of hydrogen-bond acceptors (Lipinski definition) is 3. The fourth-order valence-corrected chi connectivity index (χ4v) is 6.16. The molecule has 0 radical (unpaired) electrons. The molecule has 3 nitrogen and oxygen atoms in total. The average molecular weight is 391 g/mol. The zero-order chi connectivity index (χ0) is 13.3. The molecule has 0 saturated carbocycles. The van der Waals surface area contributed by atoms with Crippen molar-refractivity contribution >= 4 is 60.9 Å². The number of thioether (sulfide) groups is 1. The molecule has 1 unspecified atom stereocenters. The molecule has 100 valence electrons. The van der Waals surface area contributed by atoms with Crippen molar-refractivity contribution in [3.05, 3.63) is 26.7 Å². The molecule has 1 aliphatic heterocycles. The van der Waals surface area contributed by atoms with Crippen LogP contribution in [0.5, 0.6) is 0 Å². The Bertz CT molecular complexity index is 536. The van der Waals surface area contributed by atoms with Crippen LogP contribution in [0.25, 0.3) is 0 Å². The van der Waals surface area contributed by atoms with Gasteiger partial charge >= 0.3 is 0 Å². The second-order valence-corrected chi connectivity index (χ2v) is 8.41. The lowest BCUT2D eigenvalue weighted by molar-refractivity contribution is 0.563. The summed E-state index contributed by atoms with van der Waals surface area (Å²) < 4.78 is 27.8. The highest BCUT2D eigenvalue weighted by molar-refractivity contribution is 9.10. The van der Waals surface area contributed by atoms with Crippen molar-refractivity contribution in [1.29, 1.82) is 0 Å². The minimum absolute atomic E-state index is 0.0456. The van der Waals surface area contributed by atoms with E-state index < -0.39 is 10.0 Å². The molecule has 1 aromatic carbocycles. The van der Waals surface area contributed by atoms with Crippen LogP contribution in [0.15, 0.2) is 21.5 Å². The van der Waals surface area contributed by atoms with Gasteiger partial charge < -0.3 is 0 Å². The van der Waals surface area contributed by atoms with Crippen molar-refractivity contribution < 1.29 is 8.42 Å². The summed E-state index contributed by atoms with van der Waals surface area (Å²) in [5.41, 5.74) is 0. The quantitative estimate of drug-likeness (QED) is 0.858. The van der Waals surface area contributed by atoms with E-state index in [1.807, 2.05) is 0 Å². The van der Waals surface area contributed by atoms with Crippen LogP contribution in [0.3, 0.4) is 0 Å². The normalized spacial score (nSPS) is 20.3. The molecule has 1 aliphatic rings. The van der Waals surface area contributed by atoms with Crippen LogP contribution < -0.4 is 4.72 Å². The van der Waals surface area contributed by atoms with Crippen LogP contribution in [0.4, 0.5) is 0 Å². The highest BCUT2D eigenvalue weighted by atomic mass is 79.9. The number of nitrogens with one attached hydrogen (secondary N) is 1. The Balaban J connectivity index is 2.34. The smallest absolute Gasteiger partial charge is 0.207 e. The maximum atomic E-state index is 12.2. The van der Waals surface area contributed by atoms with Crippen molar-refractivity contribution in [3.8, 4) is 0 Å². The lowest BCUT2D eigenvalue weighted by Crippen LogP contribution is -2.34. The predicted octanol–water partition coefficient (Wildman–Crippen LogP) is 3.54. The SMILES string of the molecule is O=S(=O)(NC1CCSC1)c1c(Cl)cc(Br)cc1Cl. The third kappa shape index (κ3) is 3.35. The Morgan fingerprint density at radius 3 is 2.44 bits per heavy atom. The molecule has 1 atom stereocenters. The first-order valence-electron chi connectivity index (χ1n) is 5.15. The van der Waals surface area contributed by atoms with Gasteiger partial charge in [-0.05, 0) is 24.3 Å². The average Bonchev–Trinajstić information content (AvgIpc) is 2.66. The zero-order valence-electron chi connectivity index (χ0n) is 9.12. The van der Waals surface area contributed by atoms with Crippen LogP contribution in [-0.4, -0.2) is 26.0 Å². The van der Waals surface area contributed by atoms with Crippen LogP contribution in [0.1, 0.15) is 6.42 Å². The number of sulfonamides is 1. The third-order valence-electron chi connectivity index (χ3n) is 2.48. The Kier molecular flexibility index (Phi) is 4.89. The van der Waals surface area contributed by atoms with Crippen molar-refractivity contribution in [2.45, 2.75) is 17.4 Å². The van der Waals surface area contributed by atoms with Gasteiger partial charge in [-0.2, -0.15) is 11.8 Å². The van der Waals surface area contributed by atoms with Gasteiger partial charge in [0.15, 0.2) is 0 Å². The lowest BCUT2D eigenvalue weighted by Gasteiger charge is -2.14. The summed E-state index contributed by atoms with van der Waals surface area (Å²) in [4.78, 5) is -0.0501. The summed E-state index contributed by atoms with van der Waals surface area (Å²) in [5.74, 6) is 1.75. The molecule has 1 aromatic rings. The molecule has 1 heterocycles. The van der Waals surface area contributed by atoms with Gasteiger partial charge in [0, 0.05) is 16.3 Å². The largest absolute Gasteiger partial charge is 0.243 e. The second-order valence-electron chi connectivity index (χ2n) is 3.88. The molecule has 1 fully saturated rings. The molecule has 0 aromatic heterocycles. The van der Waals surface area contributed by atoms with E-state index in [-0.39, 0.29) is 21.0 Å². The maximum Gasteiger partial charge on any atom is 0.243 e. The lowest BCUT2D eigenvalue weighted by atomic mass is 10.3. The van der Waals surface area contributed by atoms with Gasteiger partial charge in [0.25, 0.3) is 0 Å². The van der Waals surface area contributed by atoms with Crippen LogP contribution in [-0.2, 0) is 10.0 Å². The number of benzene rings is 1. The Morgan fingerprint density at radius 1 is 1.33 bits per heavy atom. The summed E-state index contributed by atoms with van der Waals surface area (Å²) >= 11 is 16.9. The van der Waals surface area contributed by atoms with E-state index in [2.05, 4.69) is 20.7 Å². The van der Waals surface area contributed by atoms with Gasteiger partial charge in [-0.1, -0.05) is 39.1 Å².